The van der Waals surface area contributed by atoms with Gasteiger partial charge in [-0.15, -0.1) is 0 Å². The molecule has 7 nitrogen and oxygen atoms in total. The molecule has 1 aromatic carbocycles. The molecule has 2 N–H and O–H groups in total. The van der Waals surface area contributed by atoms with E-state index in [0.29, 0.717) is 5.56 Å². The molecular formula is C19H23Cl2FNO6P. The molecular weight excluding hydrogens is 459 g/mol. The van der Waals surface area contributed by atoms with Gasteiger partial charge in [-0.05, 0) is 24.1 Å². The van der Waals surface area contributed by atoms with Crippen molar-refractivity contribution in [3.63, 3.8) is 0 Å². The van der Waals surface area contributed by atoms with E-state index < -0.39 is 30.8 Å². The molecule has 0 saturated carbocycles. The highest BCUT2D eigenvalue weighted by molar-refractivity contribution is 7.32. The summed E-state index contributed by atoms with van der Waals surface area (Å²) in [7, 11) is -3.37. The molecule has 0 aliphatic carbocycles. The summed E-state index contributed by atoms with van der Waals surface area (Å²) >= 11 is 12.3. The van der Waals surface area contributed by atoms with E-state index in [4.69, 9.17) is 42.1 Å². The number of aromatic hydroxyl groups is 1. The van der Waals surface area contributed by atoms with Crippen LogP contribution in [0.5, 0.6) is 23.1 Å². The van der Waals surface area contributed by atoms with E-state index in [2.05, 4.69) is 4.98 Å². The maximum absolute atomic E-state index is 14.9. The Kier molecular flexibility index (Phi) is 8.36. The molecule has 1 heterocycles. The van der Waals surface area contributed by atoms with E-state index in [1.165, 1.54) is 12.1 Å². The fourth-order valence-electron chi connectivity index (χ4n) is 2.70. The fourth-order valence-corrected chi connectivity index (χ4v) is 3.81. The van der Waals surface area contributed by atoms with Crippen LogP contribution in [0.2, 0.25) is 10.2 Å². The van der Waals surface area contributed by atoms with Crippen molar-refractivity contribution in [1.29, 1.82) is 0 Å². The van der Waals surface area contributed by atoms with Crippen LogP contribution in [0.1, 0.15) is 52.0 Å². The third kappa shape index (κ3) is 5.56. The predicted octanol–water partition coefficient (Wildman–Crippen LogP) is 6.44. The van der Waals surface area contributed by atoms with Gasteiger partial charge in [0.1, 0.15) is 16.5 Å². The molecule has 1 unspecified atom stereocenters. The smallest absolute Gasteiger partial charge is 0.319 e. The number of hydrogen-bond acceptors (Lipinski definition) is 6. The zero-order valence-electron chi connectivity index (χ0n) is 16.8. The van der Waals surface area contributed by atoms with Gasteiger partial charge in [-0.2, -0.15) is 9.37 Å². The second-order valence-electron chi connectivity index (χ2n) is 6.73. The summed E-state index contributed by atoms with van der Waals surface area (Å²) in [4.78, 5) is 13.0. The van der Waals surface area contributed by atoms with Gasteiger partial charge in [0.15, 0.2) is 10.9 Å². The highest BCUT2D eigenvalue weighted by Gasteiger charge is 2.34. The zero-order chi connectivity index (χ0) is 22.6. The van der Waals surface area contributed by atoms with Gasteiger partial charge in [0.2, 0.25) is 11.6 Å². The molecule has 0 radical (unpaired) electrons. The molecule has 1 atom stereocenters. The SMILES string of the molecule is CCC(CC)(Oc1nc(Cl)c(Oc2ccc(O)c(C(C)C)c2)c(Cl)c1F)O[PH](=O)O. The summed E-state index contributed by atoms with van der Waals surface area (Å²) in [6.45, 7) is 7.07. The van der Waals surface area contributed by atoms with Crippen LogP contribution in [0, 0.1) is 5.82 Å². The number of phenolic OH excluding ortho intramolecular Hbond substituents is 1. The molecule has 1 aromatic heterocycles. The minimum atomic E-state index is -3.37. The summed E-state index contributed by atoms with van der Waals surface area (Å²) in [5.74, 6) is -3.07. The lowest BCUT2D eigenvalue weighted by Crippen LogP contribution is -2.36. The van der Waals surface area contributed by atoms with Gasteiger partial charge in [-0.1, -0.05) is 50.9 Å². The molecule has 0 amide bonds. The average Bonchev–Trinajstić information content (AvgIpc) is 2.69. The minimum absolute atomic E-state index is 0.0142. The first-order valence-electron chi connectivity index (χ1n) is 9.19. The van der Waals surface area contributed by atoms with Crippen LogP contribution in [-0.4, -0.2) is 20.8 Å². The topological polar surface area (TPSA) is 98.1 Å². The fraction of sp³-hybridized carbons (Fsp3) is 0.421. The normalized spacial score (nSPS) is 12.8. The number of phenols is 1. The van der Waals surface area contributed by atoms with Crippen molar-refractivity contribution in [3.8, 4) is 23.1 Å². The van der Waals surface area contributed by atoms with Crippen molar-refractivity contribution in [2.45, 2.75) is 52.2 Å². The van der Waals surface area contributed by atoms with Crippen LogP contribution in [0.3, 0.4) is 0 Å². The Hall–Kier alpha value is -1.57. The lowest BCUT2D eigenvalue weighted by molar-refractivity contribution is -0.123. The molecule has 0 fully saturated rings. The molecule has 0 aliphatic rings. The standard InChI is InChI=1S/C19H23Cl2FNO6P/c1-5-19(6-2,29-30(25)26)28-18-15(22)14(20)16(17(21)23-18)27-11-7-8-13(24)12(9-11)10(3)4/h7-10,24,30H,5-6H2,1-4H3,(H,25,26). The molecule has 0 aliphatic heterocycles. The van der Waals surface area contributed by atoms with Crippen LogP contribution >= 0.6 is 31.5 Å². The van der Waals surface area contributed by atoms with Crippen LogP contribution in [-0.2, 0) is 9.09 Å². The number of ether oxygens (including phenoxy) is 2. The summed E-state index contributed by atoms with van der Waals surface area (Å²) in [6, 6.07) is 4.50. The van der Waals surface area contributed by atoms with Crippen LogP contribution in [0.15, 0.2) is 18.2 Å². The molecule has 30 heavy (non-hydrogen) atoms. The molecule has 166 valence electrons. The van der Waals surface area contributed by atoms with Gasteiger partial charge >= 0.3 is 8.25 Å². The molecule has 0 saturated heterocycles. The van der Waals surface area contributed by atoms with Crippen LogP contribution < -0.4 is 9.47 Å². The Labute approximate surface area is 184 Å². The van der Waals surface area contributed by atoms with Crippen molar-refractivity contribution in [2.75, 3.05) is 0 Å². The van der Waals surface area contributed by atoms with Crippen LogP contribution in [0.25, 0.3) is 0 Å². The van der Waals surface area contributed by atoms with Gasteiger partial charge in [0.05, 0.1) is 0 Å². The lowest BCUT2D eigenvalue weighted by Gasteiger charge is -2.30. The van der Waals surface area contributed by atoms with Crippen molar-refractivity contribution in [2.24, 2.45) is 0 Å². The summed E-state index contributed by atoms with van der Waals surface area (Å²) in [5.41, 5.74) is 0.625. The second kappa shape index (κ2) is 10.2. The predicted molar refractivity (Wildman–Crippen MR) is 113 cm³/mol. The molecule has 2 rings (SSSR count). The van der Waals surface area contributed by atoms with Crippen molar-refractivity contribution < 1.29 is 33.0 Å². The number of hydrogen-bond donors (Lipinski definition) is 2. The summed E-state index contributed by atoms with van der Waals surface area (Å²) in [6.07, 6.45) is 0.279. The van der Waals surface area contributed by atoms with E-state index in [1.807, 2.05) is 13.8 Å². The maximum atomic E-state index is 14.9. The van der Waals surface area contributed by atoms with Crippen molar-refractivity contribution in [1.82, 2.24) is 4.98 Å². The molecule has 2 aromatic rings. The number of rotatable bonds is 9. The Bertz CT molecular complexity index is 940. The number of benzene rings is 1. The largest absolute Gasteiger partial charge is 0.508 e. The van der Waals surface area contributed by atoms with Gasteiger partial charge in [0.25, 0.3) is 5.88 Å². The van der Waals surface area contributed by atoms with Gasteiger partial charge in [0, 0.05) is 18.4 Å². The molecule has 11 heteroatoms. The third-order valence-corrected chi connectivity index (χ3v) is 5.58. The Balaban J connectivity index is 2.42. The minimum Gasteiger partial charge on any atom is -0.508 e. The van der Waals surface area contributed by atoms with E-state index in [-0.39, 0.29) is 41.2 Å². The van der Waals surface area contributed by atoms with E-state index in [0.717, 1.165) is 0 Å². The quantitative estimate of drug-likeness (QED) is 0.241. The highest BCUT2D eigenvalue weighted by atomic mass is 35.5. The Morgan fingerprint density at radius 3 is 2.43 bits per heavy atom. The maximum Gasteiger partial charge on any atom is 0.319 e. The van der Waals surface area contributed by atoms with Gasteiger partial charge in [-0.3, -0.25) is 9.09 Å². The molecule has 0 spiro atoms. The Morgan fingerprint density at radius 1 is 1.27 bits per heavy atom. The zero-order valence-corrected chi connectivity index (χ0v) is 19.3. The van der Waals surface area contributed by atoms with Gasteiger partial charge in [-0.25, -0.2) is 0 Å². The first-order chi connectivity index (χ1) is 14.0. The first-order valence-corrected chi connectivity index (χ1v) is 11.2. The number of aromatic nitrogens is 1. The Morgan fingerprint density at radius 2 is 1.90 bits per heavy atom. The number of halogens is 3. The van der Waals surface area contributed by atoms with Crippen molar-refractivity contribution in [3.05, 3.63) is 39.8 Å². The van der Waals surface area contributed by atoms with Crippen LogP contribution in [0.4, 0.5) is 4.39 Å². The highest BCUT2D eigenvalue weighted by Crippen LogP contribution is 2.43. The monoisotopic (exact) mass is 481 g/mol. The van der Waals surface area contributed by atoms with Crippen molar-refractivity contribution >= 4 is 31.5 Å². The van der Waals surface area contributed by atoms with E-state index in [1.54, 1.807) is 19.9 Å². The summed E-state index contributed by atoms with van der Waals surface area (Å²) in [5, 5.41) is 9.16. The third-order valence-electron chi connectivity index (χ3n) is 4.44. The number of pyridine rings is 1. The van der Waals surface area contributed by atoms with E-state index in [9.17, 15) is 14.1 Å². The lowest BCUT2D eigenvalue weighted by atomic mass is 10.0. The first kappa shape index (κ1) is 24.7. The summed E-state index contributed by atoms with van der Waals surface area (Å²) < 4.78 is 42.1. The second-order valence-corrected chi connectivity index (χ2v) is 8.20. The average molecular weight is 482 g/mol. The van der Waals surface area contributed by atoms with Gasteiger partial charge < -0.3 is 19.5 Å². The van der Waals surface area contributed by atoms with E-state index >= 15 is 0 Å². The number of nitrogens with zero attached hydrogens (tertiary/aromatic N) is 1. The molecule has 0 bridgehead atoms.